The Hall–Kier alpha value is -3.66. The van der Waals surface area contributed by atoms with E-state index in [-0.39, 0.29) is 12.1 Å². The third-order valence-electron chi connectivity index (χ3n) is 7.83. The van der Waals surface area contributed by atoms with Crippen LogP contribution in [-0.2, 0) is 11.3 Å². The number of para-hydroxylation sites is 1. The number of likely N-dealkylation sites (N-methyl/N-ethyl adjacent to an activating group) is 1. The van der Waals surface area contributed by atoms with Crippen molar-refractivity contribution in [3.8, 4) is 28.1 Å². The molecule has 2 saturated heterocycles. The van der Waals surface area contributed by atoms with Crippen LogP contribution in [0.5, 0.6) is 5.75 Å². The summed E-state index contributed by atoms with van der Waals surface area (Å²) in [4.78, 5) is 16.2. The van der Waals surface area contributed by atoms with Crippen LogP contribution in [0.1, 0.15) is 5.56 Å². The zero-order valence-electron chi connectivity index (χ0n) is 22.9. The third kappa shape index (κ3) is 5.37. The zero-order valence-corrected chi connectivity index (χ0v) is 22.9. The molecule has 0 radical (unpaired) electrons. The number of methoxy groups -OCH3 is 1. The number of aromatic nitrogens is 2. The van der Waals surface area contributed by atoms with Gasteiger partial charge in [0.05, 0.1) is 48.9 Å². The molecule has 2 aliphatic rings. The summed E-state index contributed by atoms with van der Waals surface area (Å²) in [5.74, 6) is -0.351. The van der Waals surface area contributed by atoms with Gasteiger partial charge in [-0.2, -0.15) is 0 Å². The lowest BCUT2D eigenvalue weighted by Crippen LogP contribution is -2.44. The molecular weight excluding hydrogens is 512 g/mol. The quantitative estimate of drug-likeness (QED) is 0.344. The zero-order chi connectivity index (χ0) is 27.6. The normalized spacial score (nSPS) is 16.9. The highest BCUT2D eigenvalue weighted by Gasteiger charge is 2.21. The van der Waals surface area contributed by atoms with Crippen molar-refractivity contribution in [1.82, 2.24) is 19.8 Å². The van der Waals surface area contributed by atoms with Crippen LogP contribution in [0.25, 0.3) is 33.4 Å². The fraction of sp³-hybridized carbons (Fsp3) is 0.355. The van der Waals surface area contributed by atoms with E-state index in [9.17, 15) is 0 Å². The molecule has 0 atom stereocenters. The lowest BCUT2D eigenvalue weighted by molar-refractivity contribution is 0.0332. The number of halogens is 2. The van der Waals surface area contributed by atoms with Crippen LogP contribution in [0, 0.1) is 11.6 Å². The Morgan fingerprint density at radius 1 is 0.900 bits per heavy atom. The Morgan fingerprint density at radius 2 is 1.65 bits per heavy atom. The SMILES string of the molecule is COc1cc(-c2cnc3cccc(-c4cc(F)c(CN5CCOCC5)c(F)c4)c3n2)ccc1N1CCN(C)CC1. The minimum absolute atomic E-state index is 0.0743. The Kier molecular flexibility index (Phi) is 7.60. The van der Waals surface area contributed by atoms with Gasteiger partial charge in [-0.25, -0.2) is 13.8 Å². The van der Waals surface area contributed by atoms with Gasteiger partial charge in [-0.1, -0.05) is 18.2 Å². The molecule has 0 spiro atoms. The van der Waals surface area contributed by atoms with Crippen molar-refractivity contribution in [2.45, 2.75) is 6.54 Å². The van der Waals surface area contributed by atoms with E-state index in [2.05, 4.69) is 27.9 Å². The van der Waals surface area contributed by atoms with Crippen LogP contribution in [0.15, 0.2) is 54.7 Å². The van der Waals surface area contributed by atoms with E-state index in [1.165, 1.54) is 12.1 Å². The lowest BCUT2D eigenvalue weighted by atomic mass is 10.0. The van der Waals surface area contributed by atoms with Crippen molar-refractivity contribution < 1.29 is 18.3 Å². The van der Waals surface area contributed by atoms with E-state index < -0.39 is 11.6 Å². The smallest absolute Gasteiger partial charge is 0.142 e. The molecule has 0 unspecified atom stereocenters. The second-order valence-electron chi connectivity index (χ2n) is 10.4. The number of piperazine rings is 1. The van der Waals surface area contributed by atoms with Crippen LogP contribution in [-0.4, -0.2) is 86.4 Å². The fourth-order valence-electron chi connectivity index (χ4n) is 5.44. The molecule has 0 N–H and O–H groups in total. The number of morpholine rings is 1. The van der Waals surface area contributed by atoms with E-state index in [4.69, 9.17) is 14.5 Å². The van der Waals surface area contributed by atoms with Crippen molar-refractivity contribution in [1.29, 1.82) is 0 Å². The van der Waals surface area contributed by atoms with Crippen LogP contribution < -0.4 is 9.64 Å². The van der Waals surface area contributed by atoms with Crippen molar-refractivity contribution in [3.05, 3.63) is 71.9 Å². The maximum absolute atomic E-state index is 15.2. The standard InChI is InChI=1S/C31H33F2N5O2/c1-36-8-10-38(11-9-36)29-7-6-21(18-30(29)39-2)28-19-34-27-5-3-4-23(31(27)35-28)22-16-25(32)24(26(33)17-22)20-37-12-14-40-15-13-37/h3-7,16-19H,8-15,20H2,1-2H3. The monoisotopic (exact) mass is 545 g/mol. The van der Waals surface area contributed by atoms with Gasteiger partial charge < -0.3 is 19.3 Å². The Morgan fingerprint density at radius 3 is 2.38 bits per heavy atom. The number of anilines is 1. The number of hydrogen-bond acceptors (Lipinski definition) is 7. The maximum atomic E-state index is 15.2. The molecule has 6 rings (SSSR count). The Bertz CT molecular complexity index is 1490. The van der Waals surface area contributed by atoms with E-state index >= 15 is 8.78 Å². The third-order valence-corrected chi connectivity index (χ3v) is 7.83. The number of ether oxygens (including phenoxy) is 2. The lowest BCUT2D eigenvalue weighted by Gasteiger charge is -2.34. The number of benzene rings is 3. The summed E-state index contributed by atoms with van der Waals surface area (Å²) in [5.41, 5.74) is 4.94. The average molecular weight is 546 g/mol. The first kappa shape index (κ1) is 26.6. The molecule has 9 heteroatoms. The molecule has 1 aromatic heterocycles. The topological polar surface area (TPSA) is 54.0 Å². The molecule has 3 aromatic carbocycles. The summed E-state index contributed by atoms with van der Waals surface area (Å²) in [5, 5.41) is 0. The second-order valence-corrected chi connectivity index (χ2v) is 10.4. The van der Waals surface area contributed by atoms with E-state index in [1.54, 1.807) is 13.3 Å². The van der Waals surface area contributed by atoms with Crippen molar-refractivity contribution in [2.24, 2.45) is 0 Å². The van der Waals surface area contributed by atoms with Crippen LogP contribution in [0.4, 0.5) is 14.5 Å². The van der Waals surface area contributed by atoms with Crippen LogP contribution >= 0.6 is 0 Å². The summed E-state index contributed by atoms with van der Waals surface area (Å²) in [6.07, 6.45) is 1.73. The highest BCUT2D eigenvalue weighted by molar-refractivity contribution is 5.92. The first-order valence-corrected chi connectivity index (χ1v) is 13.7. The summed E-state index contributed by atoms with van der Waals surface area (Å²) in [7, 11) is 3.81. The Labute approximate surface area is 233 Å². The highest BCUT2D eigenvalue weighted by Crippen LogP contribution is 2.35. The number of hydrogen-bond donors (Lipinski definition) is 0. The van der Waals surface area contributed by atoms with Gasteiger partial charge in [0, 0.05) is 62.5 Å². The van der Waals surface area contributed by atoms with Gasteiger partial charge in [0.25, 0.3) is 0 Å². The summed E-state index contributed by atoms with van der Waals surface area (Å²) in [6.45, 7) is 6.54. The molecule has 4 aromatic rings. The molecular formula is C31H33F2N5O2. The molecule has 0 amide bonds. The van der Waals surface area contributed by atoms with Crippen molar-refractivity contribution >= 4 is 16.7 Å². The van der Waals surface area contributed by atoms with Gasteiger partial charge >= 0.3 is 0 Å². The molecule has 2 fully saturated rings. The van der Waals surface area contributed by atoms with Crippen molar-refractivity contribution in [3.63, 3.8) is 0 Å². The molecule has 3 heterocycles. The Balaban J connectivity index is 1.34. The maximum Gasteiger partial charge on any atom is 0.142 e. The van der Waals surface area contributed by atoms with Crippen molar-refractivity contribution in [2.75, 3.05) is 71.5 Å². The molecule has 0 bridgehead atoms. The minimum Gasteiger partial charge on any atom is -0.495 e. The van der Waals surface area contributed by atoms with Gasteiger partial charge in [0.2, 0.25) is 0 Å². The van der Waals surface area contributed by atoms with E-state index in [0.717, 1.165) is 43.2 Å². The summed E-state index contributed by atoms with van der Waals surface area (Å²) >= 11 is 0. The van der Waals surface area contributed by atoms with Gasteiger partial charge in [-0.15, -0.1) is 0 Å². The number of nitrogens with zero attached hydrogens (tertiary/aromatic N) is 5. The fourth-order valence-corrected chi connectivity index (χ4v) is 5.44. The number of fused-ring (bicyclic) bond motifs is 1. The predicted octanol–water partition coefficient (Wildman–Crippen LogP) is 4.83. The highest BCUT2D eigenvalue weighted by atomic mass is 19.1. The van der Waals surface area contributed by atoms with Crippen LogP contribution in [0.3, 0.4) is 0 Å². The summed E-state index contributed by atoms with van der Waals surface area (Å²) < 4.78 is 41.6. The minimum atomic E-state index is -0.563. The second kappa shape index (κ2) is 11.4. The summed E-state index contributed by atoms with van der Waals surface area (Å²) in [6, 6.07) is 14.4. The van der Waals surface area contributed by atoms with E-state index in [1.807, 2.05) is 35.2 Å². The van der Waals surface area contributed by atoms with Gasteiger partial charge in [-0.3, -0.25) is 9.88 Å². The molecule has 0 aliphatic carbocycles. The number of rotatable bonds is 6. The predicted molar refractivity (Wildman–Crippen MR) is 153 cm³/mol. The van der Waals surface area contributed by atoms with Gasteiger partial charge in [0.15, 0.2) is 0 Å². The molecule has 0 saturated carbocycles. The molecule has 208 valence electrons. The van der Waals surface area contributed by atoms with E-state index in [0.29, 0.717) is 54.2 Å². The first-order valence-electron chi connectivity index (χ1n) is 13.7. The largest absolute Gasteiger partial charge is 0.495 e. The first-order chi connectivity index (χ1) is 19.5. The molecule has 40 heavy (non-hydrogen) atoms. The van der Waals surface area contributed by atoms with Gasteiger partial charge in [-0.05, 0) is 42.9 Å². The molecule has 2 aliphatic heterocycles. The van der Waals surface area contributed by atoms with Crippen LogP contribution in [0.2, 0.25) is 0 Å². The van der Waals surface area contributed by atoms with Gasteiger partial charge in [0.1, 0.15) is 17.4 Å². The average Bonchev–Trinajstić information content (AvgIpc) is 2.99. The molecule has 7 nitrogen and oxygen atoms in total.